The minimum atomic E-state index is -3.49. The van der Waals surface area contributed by atoms with Crippen LogP contribution >= 0.6 is 0 Å². The fourth-order valence-electron chi connectivity index (χ4n) is 4.04. The summed E-state index contributed by atoms with van der Waals surface area (Å²) in [6.07, 6.45) is 2.94. The monoisotopic (exact) mass is 407 g/mol. The average molecular weight is 407 g/mol. The van der Waals surface area contributed by atoms with Gasteiger partial charge in [-0.15, -0.1) is 0 Å². The number of hydrogen-bond donors (Lipinski definition) is 3. The Balaban J connectivity index is 1.42. The van der Waals surface area contributed by atoms with Gasteiger partial charge in [0.1, 0.15) is 16.8 Å². The molecule has 3 N–H and O–H groups in total. The van der Waals surface area contributed by atoms with E-state index in [0.29, 0.717) is 30.4 Å². The van der Waals surface area contributed by atoms with Crippen LogP contribution < -0.4 is 15.6 Å². The van der Waals surface area contributed by atoms with Crippen molar-refractivity contribution in [2.75, 3.05) is 14.1 Å². The Morgan fingerprint density at radius 3 is 2.89 bits per heavy atom. The highest BCUT2D eigenvalue weighted by molar-refractivity contribution is 7.90. The van der Waals surface area contributed by atoms with Crippen LogP contribution in [0.2, 0.25) is 0 Å². The maximum Gasteiger partial charge on any atom is 0.409 e. The van der Waals surface area contributed by atoms with Crippen molar-refractivity contribution in [2.24, 2.45) is 10.9 Å². The van der Waals surface area contributed by atoms with E-state index in [1.165, 1.54) is 4.90 Å². The van der Waals surface area contributed by atoms with Crippen LogP contribution in [0.4, 0.5) is 10.5 Å². The standard InChI is InChI=1S/C18H25N5O4S/c1-23(2)18(24)27-13-7-6-11(8-13)15-9-16(22-21-15)20-14-5-3-4-12-10-19-28(25,26)17(12)14/h3-5,11,13,15,19,21H,6-10H2,1-2H3,(H,20,22)/t11-,13+,15?/m0/s1. The summed E-state index contributed by atoms with van der Waals surface area (Å²) in [4.78, 5) is 18.0. The molecule has 1 aromatic carbocycles. The Labute approximate surface area is 164 Å². The Kier molecular flexibility index (Phi) is 5.02. The molecule has 1 saturated carbocycles. The van der Waals surface area contributed by atoms with E-state index in [-0.39, 0.29) is 23.1 Å². The van der Waals surface area contributed by atoms with Crippen molar-refractivity contribution in [3.05, 3.63) is 23.8 Å². The van der Waals surface area contributed by atoms with Crippen LogP contribution in [-0.2, 0) is 21.3 Å². The normalized spacial score (nSPS) is 29.5. The number of amides is 1. The molecule has 1 saturated heterocycles. The largest absolute Gasteiger partial charge is 0.446 e. The van der Waals surface area contributed by atoms with E-state index >= 15 is 0 Å². The van der Waals surface area contributed by atoms with Gasteiger partial charge in [0.25, 0.3) is 0 Å². The molecule has 1 aromatic rings. The van der Waals surface area contributed by atoms with E-state index in [9.17, 15) is 13.2 Å². The topological polar surface area (TPSA) is 112 Å². The molecule has 2 aliphatic heterocycles. The van der Waals surface area contributed by atoms with E-state index in [0.717, 1.165) is 24.8 Å². The van der Waals surface area contributed by atoms with Gasteiger partial charge in [-0.05, 0) is 36.8 Å². The molecule has 1 unspecified atom stereocenters. The van der Waals surface area contributed by atoms with Crippen molar-refractivity contribution >= 4 is 27.6 Å². The summed E-state index contributed by atoms with van der Waals surface area (Å²) in [7, 11) is -0.138. The average Bonchev–Trinajstić information content (AvgIpc) is 3.35. The number of carbonyl (C=O) groups excluding carboxylic acids is 1. The van der Waals surface area contributed by atoms with Gasteiger partial charge in [0.2, 0.25) is 10.0 Å². The lowest BCUT2D eigenvalue weighted by molar-refractivity contribution is 0.0749. The fourth-order valence-corrected chi connectivity index (χ4v) is 5.40. The zero-order chi connectivity index (χ0) is 19.9. The van der Waals surface area contributed by atoms with Crippen LogP contribution in [-0.4, -0.2) is 51.5 Å². The molecular weight excluding hydrogens is 382 g/mol. The van der Waals surface area contributed by atoms with Gasteiger partial charge in [-0.25, -0.2) is 28.4 Å². The van der Waals surface area contributed by atoms with E-state index in [1.807, 2.05) is 6.07 Å². The molecule has 0 bridgehead atoms. The lowest BCUT2D eigenvalue weighted by atomic mass is 9.96. The molecule has 2 heterocycles. The van der Waals surface area contributed by atoms with Crippen molar-refractivity contribution in [2.45, 2.75) is 49.3 Å². The molecule has 0 radical (unpaired) electrons. The van der Waals surface area contributed by atoms with Crippen molar-refractivity contribution in [3.8, 4) is 0 Å². The zero-order valence-corrected chi connectivity index (χ0v) is 16.8. The third-order valence-electron chi connectivity index (χ3n) is 5.49. The molecule has 28 heavy (non-hydrogen) atoms. The van der Waals surface area contributed by atoms with Crippen LogP contribution in [0.1, 0.15) is 31.2 Å². The van der Waals surface area contributed by atoms with Crippen LogP contribution in [0.25, 0.3) is 0 Å². The van der Waals surface area contributed by atoms with Crippen LogP contribution in [0.5, 0.6) is 0 Å². The second kappa shape index (κ2) is 7.34. The molecule has 152 valence electrons. The molecule has 9 nitrogen and oxygen atoms in total. The minimum Gasteiger partial charge on any atom is -0.446 e. The number of sulfonamides is 1. The van der Waals surface area contributed by atoms with Crippen LogP contribution in [0.15, 0.2) is 28.1 Å². The SMILES string of the molecule is CN(C)C(=O)O[C@@H]1CC[C@H](C2CC(=Nc3cccc4c3S(=O)(=O)NC4)NN2)C1. The number of hydrazine groups is 1. The number of ether oxygens (including phenoxy) is 1. The third kappa shape index (κ3) is 3.71. The van der Waals surface area contributed by atoms with Gasteiger partial charge < -0.3 is 15.1 Å². The highest BCUT2D eigenvalue weighted by atomic mass is 32.2. The summed E-state index contributed by atoms with van der Waals surface area (Å²) in [6.45, 7) is 0.305. The molecular formula is C18H25N5O4S. The molecule has 10 heteroatoms. The smallest absolute Gasteiger partial charge is 0.409 e. The van der Waals surface area contributed by atoms with Gasteiger partial charge in [0.15, 0.2) is 0 Å². The summed E-state index contributed by atoms with van der Waals surface area (Å²) >= 11 is 0. The Morgan fingerprint density at radius 2 is 2.11 bits per heavy atom. The maximum atomic E-state index is 12.2. The Morgan fingerprint density at radius 1 is 1.29 bits per heavy atom. The number of carbonyl (C=O) groups is 1. The van der Waals surface area contributed by atoms with Gasteiger partial charge in [0.05, 0.1) is 5.69 Å². The van der Waals surface area contributed by atoms with Crippen LogP contribution in [0, 0.1) is 5.92 Å². The predicted octanol–water partition coefficient (Wildman–Crippen LogP) is 1.24. The summed E-state index contributed by atoms with van der Waals surface area (Å²) < 4.78 is 32.5. The first-order valence-electron chi connectivity index (χ1n) is 9.42. The molecule has 2 fully saturated rings. The lowest BCUT2D eigenvalue weighted by Crippen LogP contribution is -2.36. The number of amidine groups is 1. The number of aliphatic imine (C=N–C) groups is 1. The van der Waals surface area contributed by atoms with Crippen molar-refractivity contribution in [3.63, 3.8) is 0 Å². The number of nitrogens with zero attached hydrogens (tertiary/aromatic N) is 2. The lowest BCUT2D eigenvalue weighted by Gasteiger charge is -2.18. The summed E-state index contributed by atoms with van der Waals surface area (Å²) in [5, 5.41) is 0. The van der Waals surface area contributed by atoms with E-state index < -0.39 is 10.0 Å². The van der Waals surface area contributed by atoms with E-state index in [4.69, 9.17) is 4.74 Å². The highest BCUT2D eigenvalue weighted by Gasteiger charge is 2.36. The zero-order valence-electron chi connectivity index (χ0n) is 15.9. The van der Waals surface area contributed by atoms with E-state index in [2.05, 4.69) is 20.6 Å². The highest BCUT2D eigenvalue weighted by Crippen LogP contribution is 2.35. The summed E-state index contributed by atoms with van der Waals surface area (Å²) in [5.74, 6) is 1.08. The third-order valence-corrected chi connectivity index (χ3v) is 7.03. The van der Waals surface area contributed by atoms with Crippen molar-refractivity contribution in [1.82, 2.24) is 20.5 Å². The fraction of sp³-hybridized carbons (Fsp3) is 0.556. The molecule has 4 rings (SSSR count). The van der Waals surface area contributed by atoms with E-state index in [1.54, 1.807) is 26.2 Å². The number of benzene rings is 1. The molecule has 3 atom stereocenters. The Hall–Kier alpha value is -2.17. The second-order valence-electron chi connectivity index (χ2n) is 7.70. The maximum absolute atomic E-state index is 12.2. The van der Waals surface area contributed by atoms with Gasteiger partial charge >= 0.3 is 6.09 Å². The number of fused-ring (bicyclic) bond motifs is 1. The molecule has 0 spiro atoms. The quantitative estimate of drug-likeness (QED) is 0.695. The molecule has 0 aromatic heterocycles. The Bertz CT molecular complexity index is 915. The van der Waals surface area contributed by atoms with Gasteiger partial charge in [0, 0.05) is 33.1 Å². The summed E-state index contributed by atoms with van der Waals surface area (Å²) in [5.41, 5.74) is 7.55. The van der Waals surface area contributed by atoms with Gasteiger partial charge in [-0.3, -0.25) is 0 Å². The second-order valence-corrected chi connectivity index (χ2v) is 9.41. The number of rotatable bonds is 3. The first kappa shape index (κ1) is 19.2. The number of hydrogen-bond acceptors (Lipinski definition) is 6. The first-order valence-corrected chi connectivity index (χ1v) is 10.9. The van der Waals surface area contributed by atoms with Crippen molar-refractivity contribution in [1.29, 1.82) is 0 Å². The van der Waals surface area contributed by atoms with Crippen LogP contribution in [0.3, 0.4) is 0 Å². The minimum absolute atomic E-state index is 0.0590. The van der Waals surface area contributed by atoms with Gasteiger partial charge in [-0.2, -0.15) is 0 Å². The number of nitrogens with one attached hydrogen (secondary N) is 3. The molecule has 1 amide bonds. The molecule has 3 aliphatic rings. The van der Waals surface area contributed by atoms with Crippen molar-refractivity contribution < 1.29 is 17.9 Å². The first-order chi connectivity index (χ1) is 13.3. The van der Waals surface area contributed by atoms with Gasteiger partial charge in [-0.1, -0.05) is 12.1 Å². The molecule has 1 aliphatic carbocycles. The predicted molar refractivity (Wildman–Crippen MR) is 104 cm³/mol. The summed E-state index contributed by atoms with van der Waals surface area (Å²) in [6, 6.07) is 5.51.